The highest BCUT2D eigenvalue weighted by molar-refractivity contribution is 5.91. The predicted octanol–water partition coefficient (Wildman–Crippen LogP) is 1.84. The van der Waals surface area contributed by atoms with Crippen molar-refractivity contribution in [3.63, 3.8) is 0 Å². The molecule has 22 heavy (non-hydrogen) atoms. The molecular formula is C13H7N5O4. The Hall–Kier alpha value is -3.90. The van der Waals surface area contributed by atoms with E-state index in [1.54, 1.807) is 6.07 Å². The lowest BCUT2D eigenvalue weighted by Gasteiger charge is -2.10. The molecule has 2 N–H and O–H groups in total. The Balaban J connectivity index is 3.56. The van der Waals surface area contributed by atoms with Crippen LogP contribution in [-0.4, -0.2) is 16.0 Å². The first-order valence-electron chi connectivity index (χ1n) is 5.59. The molecule has 9 heteroatoms. The van der Waals surface area contributed by atoms with Crippen molar-refractivity contribution < 1.29 is 14.8 Å². The third-order valence-electron chi connectivity index (χ3n) is 2.67. The lowest BCUT2D eigenvalue weighted by Crippen LogP contribution is -2.07. The second-order valence-electron chi connectivity index (χ2n) is 3.94. The van der Waals surface area contributed by atoms with E-state index in [1.165, 1.54) is 19.1 Å². The molecule has 1 rings (SSSR count). The Morgan fingerprint density at radius 3 is 2.27 bits per heavy atom. The summed E-state index contributed by atoms with van der Waals surface area (Å²) in [6, 6.07) is 6.55. The molecule has 0 atom stereocenters. The predicted molar refractivity (Wildman–Crippen MR) is 72.3 cm³/mol. The molecule has 0 aliphatic heterocycles. The van der Waals surface area contributed by atoms with Gasteiger partial charge < -0.3 is 10.4 Å². The average Bonchev–Trinajstić information content (AvgIpc) is 2.48. The van der Waals surface area contributed by atoms with E-state index >= 15 is 0 Å². The number of benzene rings is 1. The summed E-state index contributed by atoms with van der Waals surface area (Å²) >= 11 is 0. The van der Waals surface area contributed by atoms with Gasteiger partial charge in [0.2, 0.25) is 0 Å². The van der Waals surface area contributed by atoms with Gasteiger partial charge in [-0.05, 0) is 13.0 Å². The highest BCUT2D eigenvalue weighted by Crippen LogP contribution is 2.29. The topological polar surface area (TPSA) is 164 Å². The Morgan fingerprint density at radius 2 is 1.86 bits per heavy atom. The molecule has 0 amide bonds. The SMILES string of the molecule is Cc1c(NC(C#N)=C(C#N)C#N)cc(C(=O)O)cc1[N+](=O)[O-]. The molecule has 1 aromatic carbocycles. The Kier molecular flexibility index (Phi) is 4.78. The molecule has 0 aliphatic carbocycles. The number of carbonyl (C=O) groups is 1. The van der Waals surface area contributed by atoms with Gasteiger partial charge in [0.05, 0.1) is 16.1 Å². The average molecular weight is 297 g/mol. The van der Waals surface area contributed by atoms with E-state index in [2.05, 4.69) is 5.32 Å². The number of carboxylic acid groups (broad SMARTS) is 1. The molecule has 0 heterocycles. The third-order valence-corrected chi connectivity index (χ3v) is 2.67. The van der Waals surface area contributed by atoms with Gasteiger partial charge >= 0.3 is 5.97 Å². The number of rotatable bonds is 4. The second kappa shape index (κ2) is 6.51. The van der Waals surface area contributed by atoms with Crippen molar-refractivity contribution in [2.24, 2.45) is 0 Å². The van der Waals surface area contributed by atoms with Crippen LogP contribution in [0.15, 0.2) is 23.4 Å². The van der Waals surface area contributed by atoms with Gasteiger partial charge in [-0.1, -0.05) is 0 Å². The van der Waals surface area contributed by atoms with Crippen molar-refractivity contribution >= 4 is 17.3 Å². The van der Waals surface area contributed by atoms with Gasteiger partial charge in [0.25, 0.3) is 5.69 Å². The summed E-state index contributed by atoms with van der Waals surface area (Å²) in [7, 11) is 0. The first kappa shape index (κ1) is 16.2. The van der Waals surface area contributed by atoms with Crippen LogP contribution in [0.4, 0.5) is 11.4 Å². The molecule has 9 nitrogen and oxygen atoms in total. The smallest absolute Gasteiger partial charge is 0.336 e. The molecule has 0 radical (unpaired) electrons. The number of hydrogen-bond acceptors (Lipinski definition) is 7. The maximum atomic E-state index is 11.0. The first-order valence-corrected chi connectivity index (χ1v) is 5.59. The van der Waals surface area contributed by atoms with Crippen molar-refractivity contribution in [1.29, 1.82) is 15.8 Å². The van der Waals surface area contributed by atoms with E-state index in [1.807, 2.05) is 0 Å². The van der Waals surface area contributed by atoms with E-state index in [4.69, 9.17) is 20.9 Å². The summed E-state index contributed by atoms with van der Waals surface area (Å²) < 4.78 is 0. The van der Waals surface area contributed by atoms with Gasteiger partial charge in [0, 0.05) is 11.8 Å². The highest BCUT2D eigenvalue weighted by Gasteiger charge is 2.20. The normalized spacial score (nSPS) is 8.82. The third kappa shape index (κ3) is 3.16. The molecule has 108 valence electrons. The summed E-state index contributed by atoms with van der Waals surface area (Å²) in [5, 5.41) is 48.7. The number of allylic oxidation sites excluding steroid dienone is 2. The standard InChI is InChI=1S/C13H7N5O4/c1-7-10(17-11(6-16)9(4-14)5-15)2-8(13(19)20)3-12(7)18(21)22/h2-3,17H,1H3,(H,19,20). The number of anilines is 1. The zero-order valence-electron chi connectivity index (χ0n) is 11.1. The number of nitro groups is 1. The van der Waals surface area contributed by atoms with Gasteiger partial charge in [0.15, 0.2) is 5.57 Å². The Labute approximate surface area is 124 Å². The molecule has 1 aromatic rings. The summed E-state index contributed by atoms with van der Waals surface area (Å²) in [5.41, 5.74) is -1.76. The second-order valence-corrected chi connectivity index (χ2v) is 3.94. The molecular weight excluding hydrogens is 290 g/mol. The van der Waals surface area contributed by atoms with Crippen LogP contribution in [0.25, 0.3) is 0 Å². The van der Waals surface area contributed by atoms with Crippen LogP contribution in [0.1, 0.15) is 15.9 Å². The Morgan fingerprint density at radius 1 is 1.27 bits per heavy atom. The van der Waals surface area contributed by atoms with E-state index in [0.29, 0.717) is 0 Å². The maximum Gasteiger partial charge on any atom is 0.336 e. The molecule has 0 aliphatic rings. The number of carboxylic acids is 1. The van der Waals surface area contributed by atoms with Crippen LogP contribution in [0.2, 0.25) is 0 Å². The van der Waals surface area contributed by atoms with Crippen LogP contribution in [0.5, 0.6) is 0 Å². The van der Waals surface area contributed by atoms with Crippen LogP contribution >= 0.6 is 0 Å². The van der Waals surface area contributed by atoms with Crippen LogP contribution in [0.3, 0.4) is 0 Å². The molecule has 0 spiro atoms. The lowest BCUT2D eigenvalue weighted by molar-refractivity contribution is -0.385. The lowest BCUT2D eigenvalue weighted by atomic mass is 10.1. The molecule has 0 fully saturated rings. The maximum absolute atomic E-state index is 11.0. The molecule has 0 aromatic heterocycles. The van der Waals surface area contributed by atoms with Crippen molar-refractivity contribution in [2.75, 3.05) is 5.32 Å². The monoisotopic (exact) mass is 297 g/mol. The van der Waals surface area contributed by atoms with Gasteiger partial charge in [-0.15, -0.1) is 0 Å². The van der Waals surface area contributed by atoms with Crippen LogP contribution in [0, 0.1) is 51.0 Å². The number of aromatic carboxylic acids is 1. The summed E-state index contributed by atoms with van der Waals surface area (Å²) in [5.74, 6) is -1.39. The van der Waals surface area contributed by atoms with Crippen molar-refractivity contribution in [2.45, 2.75) is 6.92 Å². The van der Waals surface area contributed by atoms with Crippen LogP contribution in [-0.2, 0) is 0 Å². The largest absolute Gasteiger partial charge is 0.478 e. The molecule has 0 saturated carbocycles. The fourth-order valence-corrected chi connectivity index (χ4v) is 1.56. The molecule has 0 bridgehead atoms. The minimum absolute atomic E-state index is 0.0499. The van der Waals surface area contributed by atoms with Crippen molar-refractivity contribution in [3.05, 3.63) is 44.6 Å². The van der Waals surface area contributed by atoms with Gasteiger partial charge in [-0.3, -0.25) is 10.1 Å². The summed E-state index contributed by atoms with van der Waals surface area (Å²) in [4.78, 5) is 21.2. The zero-order valence-corrected chi connectivity index (χ0v) is 11.1. The molecule has 0 saturated heterocycles. The van der Waals surface area contributed by atoms with Crippen LogP contribution < -0.4 is 5.32 Å². The summed E-state index contributed by atoms with van der Waals surface area (Å²) in [6.07, 6.45) is 0. The van der Waals surface area contributed by atoms with Gasteiger partial charge in [-0.2, -0.15) is 15.8 Å². The fraction of sp³-hybridized carbons (Fsp3) is 0.0769. The van der Waals surface area contributed by atoms with Gasteiger partial charge in [0.1, 0.15) is 23.9 Å². The molecule has 0 unspecified atom stereocenters. The minimum Gasteiger partial charge on any atom is -0.478 e. The first-order chi connectivity index (χ1) is 10.3. The quantitative estimate of drug-likeness (QED) is 0.482. The van der Waals surface area contributed by atoms with E-state index < -0.39 is 27.9 Å². The minimum atomic E-state index is -1.39. The zero-order chi connectivity index (χ0) is 16.9. The van der Waals surface area contributed by atoms with Crippen molar-refractivity contribution in [3.8, 4) is 18.2 Å². The highest BCUT2D eigenvalue weighted by atomic mass is 16.6. The number of nitro benzene ring substituents is 1. The van der Waals surface area contributed by atoms with E-state index in [-0.39, 0.29) is 16.8 Å². The number of nitrogens with one attached hydrogen (secondary N) is 1. The summed E-state index contributed by atoms with van der Waals surface area (Å²) in [6.45, 7) is 1.35. The fourth-order valence-electron chi connectivity index (χ4n) is 1.56. The van der Waals surface area contributed by atoms with Crippen molar-refractivity contribution in [1.82, 2.24) is 0 Å². The van der Waals surface area contributed by atoms with Gasteiger partial charge in [-0.25, -0.2) is 4.79 Å². The van der Waals surface area contributed by atoms with E-state index in [9.17, 15) is 14.9 Å². The number of hydrogen-bond donors (Lipinski definition) is 2. The number of nitrogens with zero attached hydrogens (tertiary/aromatic N) is 4. The number of nitriles is 3. The Bertz CT molecular complexity index is 805. The van der Waals surface area contributed by atoms with E-state index in [0.717, 1.165) is 12.1 Å².